The highest BCUT2D eigenvalue weighted by Gasteiger charge is 2.23. The molecule has 0 saturated carbocycles. The minimum atomic E-state index is -3.81. The summed E-state index contributed by atoms with van der Waals surface area (Å²) in [6.07, 6.45) is 4.08. The molecule has 30 heavy (non-hydrogen) atoms. The number of hydrogen-bond donors (Lipinski definition) is 1. The van der Waals surface area contributed by atoms with E-state index in [4.69, 9.17) is 11.6 Å². The van der Waals surface area contributed by atoms with E-state index in [-0.39, 0.29) is 17.3 Å². The molecule has 2 aromatic carbocycles. The van der Waals surface area contributed by atoms with Crippen LogP contribution in [-0.2, 0) is 26.0 Å². The number of aryl methyl sites for hydroxylation is 1. The van der Waals surface area contributed by atoms with E-state index in [1.54, 1.807) is 18.5 Å². The number of ether oxygens (including phenoxy) is 1. The van der Waals surface area contributed by atoms with Crippen LogP contribution in [0.25, 0.3) is 0 Å². The van der Waals surface area contributed by atoms with Crippen molar-refractivity contribution < 1.29 is 17.9 Å². The molecule has 0 bridgehead atoms. The van der Waals surface area contributed by atoms with E-state index in [0.29, 0.717) is 17.0 Å². The van der Waals surface area contributed by atoms with E-state index in [9.17, 15) is 13.2 Å². The third-order valence-electron chi connectivity index (χ3n) is 4.57. The lowest BCUT2D eigenvalue weighted by Crippen LogP contribution is -2.29. The molecule has 1 atom stereocenters. The number of rotatable bonds is 8. The molecule has 8 heteroatoms. The smallest absolute Gasteiger partial charge is 0.305 e. The van der Waals surface area contributed by atoms with Gasteiger partial charge in [-0.1, -0.05) is 41.9 Å². The number of methoxy groups -OCH3 is 1. The van der Waals surface area contributed by atoms with Crippen LogP contribution in [-0.4, -0.2) is 26.5 Å². The minimum absolute atomic E-state index is 0.121. The van der Waals surface area contributed by atoms with Gasteiger partial charge in [-0.2, -0.15) is 4.72 Å². The number of carbonyl (C=O) groups is 1. The van der Waals surface area contributed by atoms with Crippen molar-refractivity contribution in [2.75, 3.05) is 7.11 Å². The van der Waals surface area contributed by atoms with Crippen molar-refractivity contribution in [2.24, 2.45) is 0 Å². The van der Waals surface area contributed by atoms with Crippen LogP contribution in [0.5, 0.6) is 0 Å². The maximum Gasteiger partial charge on any atom is 0.305 e. The highest BCUT2D eigenvalue weighted by atomic mass is 35.5. The molecule has 3 aromatic rings. The zero-order valence-electron chi connectivity index (χ0n) is 16.3. The quantitative estimate of drug-likeness (QED) is 0.532. The average Bonchev–Trinajstić information content (AvgIpc) is 2.77. The molecule has 1 aromatic heterocycles. The van der Waals surface area contributed by atoms with Gasteiger partial charge in [-0.05, 0) is 53.4 Å². The summed E-state index contributed by atoms with van der Waals surface area (Å²) in [4.78, 5) is 15.6. The lowest BCUT2D eigenvalue weighted by atomic mass is 9.99. The predicted octanol–water partition coefficient (Wildman–Crippen LogP) is 3.91. The Kier molecular flexibility index (Phi) is 7.20. The monoisotopic (exact) mass is 444 g/mol. The topological polar surface area (TPSA) is 85.4 Å². The Morgan fingerprint density at radius 1 is 1.07 bits per heavy atom. The fourth-order valence-corrected chi connectivity index (χ4v) is 4.28. The van der Waals surface area contributed by atoms with Gasteiger partial charge in [0.1, 0.15) is 0 Å². The van der Waals surface area contributed by atoms with E-state index in [1.165, 1.54) is 31.4 Å². The second-order valence-corrected chi connectivity index (χ2v) is 8.76. The first-order valence-corrected chi connectivity index (χ1v) is 11.1. The molecule has 156 valence electrons. The van der Waals surface area contributed by atoms with Crippen LogP contribution in [0, 0.1) is 0 Å². The van der Waals surface area contributed by atoms with Crippen LogP contribution in [0.15, 0.2) is 78.0 Å². The maximum atomic E-state index is 13.0. The molecular formula is C22H21ClN2O4S. The fourth-order valence-electron chi connectivity index (χ4n) is 2.94. The van der Waals surface area contributed by atoms with Gasteiger partial charge in [0.15, 0.2) is 0 Å². The third kappa shape index (κ3) is 5.66. The molecular weight excluding hydrogens is 424 g/mol. The molecule has 6 nitrogen and oxygen atoms in total. The van der Waals surface area contributed by atoms with Crippen LogP contribution in [0.3, 0.4) is 0 Å². The van der Waals surface area contributed by atoms with E-state index < -0.39 is 16.1 Å². The lowest BCUT2D eigenvalue weighted by Gasteiger charge is -2.20. The van der Waals surface area contributed by atoms with Gasteiger partial charge < -0.3 is 4.74 Å². The first-order chi connectivity index (χ1) is 14.4. The third-order valence-corrected chi connectivity index (χ3v) is 6.26. The number of aromatic nitrogens is 1. The molecule has 0 spiro atoms. The molecule has 0 aliphatic carbocycles. The van der Waals surface area contributed by atoms with Crippen LogP contribution in [0.4, 0.5) is 0 Å². The lowest BCUT2D eigenvalue weighted by molar-refractivity contribution is -0.140. The molecule has 0 aliphatic heterocycles. The predicted molar refractivity (Wildman–Crippen MR) is 115 cm³/mol. The molecule has 1 heterocycles. The largest absolute Gasteiger partial charge is 0.469 e. The molecule has 3 rings (SSSR count). The maximum absolute atomic E-state index is 13.0. The molecule has 0 saturated heterocycles. The van der Waals surface area contributed by atoms with Crippen molar-refractivity contribution in [2.45, 2.75) is 23.8 Å². The van der Waals surface area contributed by atoms with Crippen molar-refractivity contribution in [3.8, 4) is 0 Å². The molecule has 0 radical (unpaired) electrons. The average molecular weight is 445 g/mol. The first-order valence-electron chi connectivity index (χ1n) is 9.22. The van der Waals surface area contributed by atoms with E-state index in [2.05, 4.69) is 14.4 Å². The first kappa shape index (κ1) is 22.0. The van der Waals surface area contributed by atoms with Crippen LogP contribution in [0.2, 0.25) is 5.02 Å². The Morgan fingerprint density at radius 3 is 2.37 bits per heavy atom. The van der Waals surface area contributed by atoms with Gasteiger partial charge in [0.25, 0.3) is 0 Å². The number of sulfonamides is 1. The summed E-state index contributed by atoms with van der Waals surface area (Å²) >= 11 is 5.88. The Hall–Kier alpha value is -2.74. The van der Waals surface area contributed by atoms with Crippen LogP contribution in [0.1, 0.15) is 29.2 Å². The van der Waals surface area contributed by atoms with Gasteiger partial charge in [-0.25, -0.2) is 8.42 Å². The fraction of sp³-hybridized carbons (Fsp3) is 0.182. The van der Waals surface area contributed by atoms with Crippen molar-refractivity contribution in [3.05, 3.63) is 94.8 Å². The minimum Gasteiger partial charge on any atom is -0.469 e. The number of carbonyl (C=O) groups excluding carboxylic acids is 1. The summed E-state index contributed by atoms with van der Waals surface area (Å²) in [6, 6.07) is 16.4. The van der Waals surface area contributed by atoms with E-state index in [1.807, 2.05) is 30.3 Å². The Labute approximate surface area is 180 Å². The number of nitrogens with zero attached hydrogens (tertiary/aromatic N) is 1. The van der Waals surface area contributed by atoms with Gasteiger partial charge in [-0.15, -0.1) is 0 Å². The number of nitrogens with one attached hydrogen (secondary N) is 1. The standard InChI is InChI=1S/C22H21ClN2O4S/c1-29-21(26)13-6-16-4-7-17(8-5-16)22(18-3-2-14-24-15-18)25-30(27,28)20-11-9-19(23)10-12-20/h2-5,7-12,14-15,22,25H,6,13H2,1H3. The van der Waals surface area contributed by atoms with Gasteiger partial charge >= 0.3 is 5.97 Å². The Bertz CT molecular complexity index is 1090. The Balaban J connectivity index is 1.88. The van der Waals surface area contributed by atoms with Crippen molar-refractivity contribution >= 4 is 27.6 Å². The van der Waals surface area contributed by atoms with Gasteiger partial charge in [0, 0.05) is 23.8 Å². The molecule has 0 aliphatic rings. The van der Waals surface area contributed by atoms with Gasteiger partial charge in [0.2, 0.25) is 10.0 Å². The second-order valence-electron chi connectivity index (χ2n) is 6.61. The SMILES string of the molecule is COC(=O)CCc1ccc(C(NS(=O)(=O)c2ccc(Cl)cc2)c2cccnc2)cc1. The summed E-state index contributed by atoms with van der Waals surface area (Å²) < 4.78 is 33.3. The van der Waals surface area contributed by atoms with Gasteiger partial charge in [-0.3, -0.25) is 9.78 Å². The van der Waals surface area contributed by atoms with Gasteiger partial charge in [0.05, 0.1) is 18.0 Å². The Morgan fingerprint density at radius 2 is 1.77 bits per heavy atom. The highest BCUT2D eigenvalue weighted by Crippen LogP contribution is 2.25. The molecule has 0 fully saturated rings. The number of benzene rings is 2. The van der Waals surface area contributed by atoms with E-state index in [0.717, 1.165) is 11.1 Å². The van der Waals surface area contributed by atoms with Crippen molar-refractivity contribution in [1.29, 1.82) is 0 Å². The van der Waals surface area contributed by atoms with Crippen LogP contribution < -0.4 is 4.72 Å². The second kappa shape index (κ2) is 9.84. The summed E-state index contributed by atoms with van der Waals surface area (Å²) in [7, 11) is -2.45. The number of hydrogen-bond acceptors (Lipinski definition) is 5. The van der Waals surface area contributed by atoms with Crippen LogP contribution >= 0.6 is 11.6 Å². The molecule has 0 amide bonds. The van der Waals surface area contributed by atoms with E-state index >= 15 is 0 Å². The summed E-state index contributed by atoms with van der Waals surface area (Å²) in [5, 5.41) is 0.459. The summed E-state index contributed by atoms with van der Waals surface area (Å²) in [5.41, 5.74) is 2.41. The summed E-state index contributed by atoms with van der Waals surface area (Å²) in [5.74, 6) is -0.275. The summed E-state index contributed by atoms with van der Waals surface area (Å²) in [6.45, 7) is 0. The van der Waals surface area contributed by atoms with Crippen molar-refractivity contribution in [3.63, 3.8) is 0 Å². The zero-order chi connectivity index (χ0) is 21.6. The van der Waals surface area contributed by atoms with Crippen molar-refractivity contribution in [1.82, 2.24) is 9.71 Å². The highest BCUT2D eigenvalue weighted by molar-refractivity contribution is 7.89. The normalized spacial score (nSPS) is 12.3. The number of esters is 1. The number of halogens is 1. The zero-order valence-corrected chi connectivity index (χ0v) is 17.9. The molecule has 1 N–H and O–H groups in total. The molecule has 1 unspecified atom stereocenters. The number of pyridine rings is 1.